The predicted molar refractivity (Wildman–Crippen MR) is 110 cm³/mol. The van der Waals surface area contributed by atoms with Gasteiger partial charge in [-0.1, -0.05) is 42.5 Å². The lowest BCUT2D eigenvalue weighted by molar-refractivity contribution is 0.0955. The number of para-hydroxylation sites is 1. The molecular weight excluding hydrogens is 352 g/mol. The number of rotatable bonds is 7. The summed E-state index contributed by atoms with van der Waals surface area (Å²) in [5.41, 5.74) is 2.56. The molecule has 0 fully saturated rings. The summed E-state index contributed by atoms with van der Waals surface area (Å²) in [6.45, 7) is 0.492. The fourth-order valence-electron chi connectivity index (χ4n) is 2.78. The quantitative estimate of drug-likeness (QED) is 0.659. The first kappa shape index (κ1) is 19.2. The van der Waals surface area contributed by atoms with Gasteiger partial charge >= 0.3 is 0 Å². The van der Waals surface area contributed by atoms with E-state index >= 15 is 0 Å². The van der Waals surface area contributed by atoms with Gasteiger partial charge in [0.05, 0.1) is 18.4 Å². The maximum Gasteiger partial charge on any atom is 0.255 e. The zero-order chi connectivity index (χ0) is 19.8. The first-order chi connectivity index (χ1) is 13.7. The molecule has 2 N–H and O–H groups in total. The lowest BCUT2D eigenvalue weighted by Crippen LogP contribution is -2.27. The SMILES string of the molecule is COc1ccc(CCNC(=O)c2ccccc2NC(=O)c2ccccc2)cc1. The predicted octanol–water partition coefficient (Wildman–Crippen LogP) is 3.92. The van der Waals surface area contributed by atoms with Crippen molar-refractivity contribution in [3.63, 3.8) is 0 Å². The van der Waals surface area contributed by atoms with E-state index in [2.05, 4.69) is 10.6 Å². The molecule has 2 amide bonds. The van der Waals surface area contributed by atoms with Gasteiger partial charge < -0.3 is 15.4 Å². The van der Waals surface area contributed by atoms with Gasteiger partial charge in [-0.25, -0.2) is 0 Å². The number of anilines is 1. The lowest BCUT2D eigenvalue weighted by Gasteiger charge is -2.12. The van der Waals surface area contributed by atoms with Gasteiger partial charge in [0, 0.05) is 12.1 Å². The molecule has 0 heterocycles. The summed E-state index contributed by atoms with van der Waals surface area (Å²) in [4.78, 5) is 25.0. The van der Waals surface area contributed by atoms with Crippen LogP contribution in [-0.2, 0) is 6.42 Å². The molecule has 5 nitrogen and oxygen atoms in total. The fraction of sp³-hybridized carbons (Fsp3) is 0.130. The second kappa shape index (κ2) is 9.37. The van der Waals surface area contributed by atoms with Crippen LogP contribution >= 0.6 is 0 Å². The number of benzene rings is 3. The highest BCUT2D eigenvalue weighted by atomic mass is 16.5. The van der Waals surface area contributed by atoms with Crippen LogP contribution < -0.4 is 15.4 Å². The van der Waals surface area contributed by atoms with Crippen LogP contribution in [0.1, 0.15) is 26.3 Å². The molecule has 28 heavy (non-hydrogen) atoms. The molecule has 0 aliphatic heterocycles. The van der Waals surface area contributed by atoms with Crippen molar-refractivity contribution in [2.45, 2.75) is 6.42 Å². The Balaban J connectivity index is 1.61. The molecule has 0 unspecified atom stereocenters. The maximum atomic E-state index is 12.6. The molecule has 3 aromatic carbocycles. The molecule has 3 rings (SSSR count). The highest BCUT2D eigenvalue weighted by Gasteiger charge is 2.13. The molecule has 0 spiro atoms. The van der Waals surface area contributed by atoms with Crippen molar-refractivity contribution in [3.8, 4) is 5.75 Å². The Hall–Kier alpha value is -3.60. The summed E-state index contributed by atoms with van der Waals surface area (Å²) in [5.74, 6) is 0.326. The van der Waals surface area contributed by atoms with Crippen molar-refractivity contribution < 1.29 is 14.3 Å². The molecule has 3 aromatic rings. The van der Waals surface area contributed by atoms with E-state index in [9.17, 15) is 9.59 Å². The molecule has 0 saturated carbocycles. The topological polar surface area (TPSA) is 67.4 Å². The second-order valence-corrected chi connectivity index (χ2v) is 6.22. The number of nitrogens with one attached hydrogen (secondary N) is 2. The Morgan fingerprint density at radius 1 is 0.821 bits per heavy atom. The van der Waals surface area contributed by atoms with Gasteiger partial charge in [-0.15, -0.1) is 0 Å². The first-order valence-corrected chi connectivity index (χ1v) is 9.04. The monoisotopic (exact) mass is 374 g/mol. The summed E-state index contributed by atoms with van der Waals surface area (Å²) >= 11 is 0. The van der Waals surface area contributed by atoms with Crippen LogP contribution in [0.4, 0.5) is 5.69 Å². The molecule has 0 aliphatic rings. The molecule has 0 aromatic heterocycles. The van der Waals surface area contributed by atoms with E-state index in [-0.39, 0.29) is 11.8 Å². The number of carbonyl (C=O) groups excluding carboxylic acids is 2. The molecule has 0 saturated heterocycles. The highest BCUT2D eigenvalue weighted by molar-refractivity contribution is 6.08. The average molecular weight is 374 g/mol. The molecule has 0 aliphatic carbocycles. The number of amides is 2. The van der Waals surface area contributed by atoms with E-state index in [1.807, 2.05) is 30.3 Å². The van der Waals surface area contributed by atoms with Crippen molar-refractivity contribution in [3.05, 3.63) is 95.6 Å². The van der Waals surface area contributed by atoms with Gasteiger partial charge in [-0.2, -0.15) is 0 Å². The Morgan fingerprint density at radius 3 is 2.21 bits per heavy atom. The van der Waals surface area contributed by atoms with Crippen LogP contribution in [0.5, 0.6) is 5.75 Å². The van der Waals surface area contributed by atoms with Gasteiger partial charge in [0.2, 0.25) is 0 Å². The highest BCUT2D eigenvalue weighted by Crippen LogP contribution is 2.16. The first-order valence-electron chi connectivity index (χ1n) is 9.04. The van der Waals surface area contributed by atoms with Crippen molar-refractivity contribution in [2.24, 2.45) is 0 Å². The van der Waals surface area contributed by atoms with Crippen molar-refractivity contribution in [1.29, 1.82) is 0 Å². The second-order valence-electron chi connectivity index (χ2n) is 6.22. The maximum absolute atomic E-state index is 12.6. The largest absolute Gasteiger partial charge is 0.497 e. The van der Waals surface area contributed by atoms with Crippen LogP contribution in [0.25, 0.3) is 0 Å². The van der Waals surface area contributed by atoms with Crippen molar-refractivity contribution in [1.82, 2.24) is 5.32 Å². The summed E-state index contributed by atoms with van der Waals surface area (Å²) in [6.07, 6.45) is 0.703. The van der Waals surface area contributed by atoms with E-state index in [0.29, 0.717) is 29.8 Å². The van der Waals surface area contributed by atoms with E-state index < -0.39 is 0 Å². The third-order valence-corrected chi connectivity index (χ3v) is 4.31. The number of carbonyl (C=O) groups is 2. The zero-order valence-electron chi connectivity index (χ0n) is 15.6. The average Bonchev–Trinajstić information content (AvgIpc) is 2.75. The van der Waals surface area contributed by atoms with Gasteiger partial charge in [0.25, 0.3) is 11.8 Å². The number of hydrogen-bond acceptors (Lipinski definition) is 3. The van der Waals surface area contributed by atoms with Crippen LogP contribution in [0.3, 0.4) is 0 Å². The van der Waals surface area contributed by atoms with Crippen LogP contribution in [0.15, 0.2) is 78.9 Å². The van der Waals surface area contributed by atoms with E-state index in [0.717, 1.165) is 11.3 Å². The molecule has 0 bridgehead atoms. The number of ether oxygens (including phenoxy) is 1. The molecular formula is C23H22N2O3. The van der Waals surface area contributed by atoms with E-state index in [4.69, 9.17) is 4.74 Å². The van der Waals surface area contributed by atoms with Crippen LogP contribution in [0, 0.1) is 0 Å². The minimum atomic E-state index is -0.251. The lowest BCUT2D eigenvalue weighted by atomic mass is 10.1. The number of hydrogen-bond donors (Lipinski definition) is 2. The summed E-state index contributed by atoms with van der Waals surface area (Å²) in [7, 11) is 1.63. The Morgan fingerprint density at radius 2 is 1.50 bits per heavy atom. The zero-order valence-corrected chi connectivity index (χ0v) is 15.6. The van der Waals surface area contributed by atoms with Gasteiger partial charge in [0.1, 0.15) is 5.75 Å². The van der Waals surface area contributed by atoms with E-state index in [1.54, 1.807) is 55.6 Å². The van der Waals surface area contributed by atoms with Crippen LogP contribution in [0.2, 0.25) is 0 Å². The third kappa shape index (κ3) is 4.98. The van der Waals surface area contributed by atoms with E-state index in [1.165, 1.54) is 0 Å². The molecule has 142 valence electrons. The Bertz CT molecular complexity index is 938. The number of methoxy groups -OCH3 is 1. The smallest absolute Gasteiger partial charge is 0.255 e. The Labute approximate surface area is 164 Å². The third-order valence-electron chi connectivity index (χ3n) is 4.31. The standard InChI is InChI=1S/C23H22N2O3/c1-28-19-13-11-17(12-14-19)15-16-24-23(27)20-9-5-6-10-21(20)25-22(26)18-7-3-2-4-8-18/h2-14H,15-16H2,1H3,(H,24,27)(H,25,26). The normalized spacial score (nSPS) is 10.2. The fourth-order valence-corrected chi connectivity index (χ4v) is 2.78. The summed E-state index contributed by atoms with van der Waals surface area (Å²) < 4.78 is 5.14. The van der Waals surface area contributed by atoms with Crippen molar-refractivity contribution in [2.75, 3.05) is 19.0 Å². The van der Waals surface area contributed by atoms with Crippen molar-refractivity contribution >= 4 is 17.5 Å². The molecule has 5 heteroatoms. The van der Waals surface area contributed by atoms with Gasteiger partial charge in [-0.05, 0) is 48.4 Å². The molecule has 0 radical (unpaired) electrons. The van der Waals surface area contributed by atoms with Crippen LogP contribution in [-0.4, -0.2) is 25.5 Å². The van der Waals surface area contributed by atoms with Gasteiger partial charge in [-0.3, -0.25) is 9.59 Å². The minimum absolute atomic E-state index is 0.225. The Kier molecular flexibility index (Phi) is 6.41. The molecule has 0 atom stereocenters. The van der Waals surface area contributed by atoms with Gasteiger partial charge in [0.15, 0.2) is 0 Å². The minimum Gasteiger partial charge on any atom is -0.497 e. The summed E-state index contributed by atoms with van der Waals surface area (Å²) in [5, 5.41) is 5.72. The summed E-state index contributed by atoms with van der Waals surface area (Å²) in [6, 6.07) is 23.6.